The Kier molecular flexibility index (Phi) is 10.8. The van der Waals surface area contributed by atoms with Gasteiger partial charge in [0.25, 0.3) is 0 Å². The molecule has 32 heavy (non-hydrogen) atoms. The Morgan fingerprint density at radius 3 is 1.84 bits per heavy atom. The van der Waals surface area contributed by atoms with Crippen LogP contribution in [0.15, 0.2) is 12.1 Å². The third-order valence-electron chi connectivity index (χ3n) is 8.33. The van der Waals surface area contributed by atoms with Crippen molar-refractivity contribution < 1.29 is 13.5 Å². The van der Waals surface area contributed by atoms with Crippen LogP contribution >= 0.6 is 0 Å². The fraction of sp³-hybridized carbons (Fsp3) is 0.793. The van der Waals surface area contributed by atoms with E-state index in [1.807, 2.05) is 0 Å². The van der Waals surface area contributed by atoms with Gasteiger partial charge in [-0.1, -0.05) is 90.0 Å². The maximum atomic E-state index is 14.6. The van der Waals surface area contributed by atoms with E-state index < -0.39 is 11.6 Å². The van der Waals surface area contributed by atoms with Crippen LogP contribution in [-0.2, 0) is 0 Å². The van der Waals surface area contributed by atoms with Gasteiger partial charge in [-0.25, -0.2) is 4.39 Å². The Bertz CT molecular complexity index is 657. The van der Waals surface area contributed by atoms with E-state index in [1.54, 1.807) is 19.1 Å². The first-order chi connectivity index (χ1) is 15.6. The van der Waals surface area contributed by atoms with E-state index >= 15 is 0 Å². The number of hydrogen-bond donors (Lipinski definition) is 0. The van der Waals surface area contributed by atoms with Crippen molar-refractivity contribution in [3.63, 3.8) is 0 Å². The third kappa shape index (κ3) is 7.45. The van der Waals surface area contributed by atoms with Gasteiger partial charge in [0.2, 0.25) is 5.82 Å². The second kappa shape index (κ2) is 13.6. The van der Waals surface area contributed by atoms with Crippen LogP contribution in [0.5, 0.6) is 5.75 Å². The highest BCUT2D eigenvalue weighted by molar-refractivity contribution is 5.33. The lowest BCUT2D eigenvalue weighted by atomic mass is 9.74. The van der Waals surface area contributed by atoms with Gasteiger partial charge in [0.1, 0.15) is 0 Å². The van der Waals surface area contributed by atoms with Crippen LogP contribution in [0.1, 0.15) is 128 Å². The molecule has 0 radical (unpaired) electrons. The minimum absolute atomic E-state index is 0.0358. The van der Waals surface area contributed by atoms with Gasteiger partial charge >= 0.3 is 0 Å². The van der Waals surface area contributed by atoms with Crippen LogP contribution < -0.4 is 4.74 Å². The van der Waals surface area contributed by atoms with E-state index in [9.17, 15) is 8.78 Å². The second-order valence-electron chi connectivity index (χ2n) is 10.6. The Morgan fingerprint density at radius 1 is 0.688 bits per heavy atom. The highest BCUT2D eigenvalue weighted by Gasteiger charge is 2.28. The van der Waals surface area contributed by atoms with Crippen LogP contribution in [0.25, 0.3) is 0 Å². The van der Waals surface area contributed by atoms with E-state index in [1.165, 1.54) is 77.0 Å². The number of benzene rings is 1. The Morgan fingerprint density at radius 2 is 1.25 bits per heavy atom. The molecule has 1 aromatic rings. The molecule has 182 valence electrons. The fourth-order valence-corrected chi connectivity index (χ4v) is 6.21. The molecule has 0 spiro atoms. The van der Waals surface area contributed by atoms with Crippen molar-refractivity contribution in [3.8, 4) is 5.75 Å². The van der Waals surface area contributed by atoms with Gasteiger partial charge in [0.15, 0.2) is 11.6 Å². The SMILES string of the molecule is CCCCCCCC1CCC(CCC2CCC(c3ccc(OCC)c(F)c3F)CC2)CC1. The zero-order valence-corrected chi connectivity index (χ0v) is 20.6. The van der Waals surface area contributed by atoms with Gasteiger partial charge in [0.05, 0.1) is 6.61 Å². The molecule has 0 aliphatic heterocycles. The molecule has 1 aromatic carbocycles. The lowest BCUT2D eigenvalue weighted by molar-refractivity contribution is 0.221. The minimum atomic E-state index is -0.817. The van der Waals surface area contributed by atoms with E-state index in [0.29, 0.717) is 12.2 Å². The summed E-state index contributed by atoms with van der Waals surface area (Å²) in [6, 6.07) is 3.35. The predicted octanol–water partition coefficient (Wildman–Crippen LogP) is 9.58. The summed E-state index contributed by atoms with van der Waals surface area (Å²) >= 11 is 0. The smallest absolute Gasteiger partial charge is 0.200 e. The van der Waals surface area contributed by atoms with Crippen LogP contribution in [-0.4, -0.2) is 6.61 Å². The molecule has 0 atom stereocenters. The van der Waals surface area contributed by atoms with Crippen LogP contribution in [0.4, 0.5) is 8.78 Å². The number of unbranched alkanes of at least 4 members (excludes halogenated alkanes) is 4. The topological polar surface area (TPSA) is 9.23 Å². The summed E-state index contributed by atoms with van der Waals surface area (Å²) in [5.41, 5.74) is 0.553. The standard InChI is InChI=1S/C29H46F2O/c1-3-5-6-7-8-9-22-10-12-23(13-11-22)14-15-24-16-18-25(19-17-24)26-20-21-27(32-4-2)29(31)28(26)30/h20-25H,3-19H2,1-2H3. The molecule has 2 aliphatic carbocycles. The maximum absolute atomic E-state index is 14.6. The van der Waals surface area contributed by atoms with Gasteiger partial charge in [-0.15, -0.1) is 0 Å². The van der Waals surface area contributed by atoms with Crippen molar-refractivity contribution in [1.29, 1.82) is 0 Å². The number of ether oxygens (including phenoxy) is 1. The van der Waals surface area contributed by atoms with Gasteiger partial charge in [0, 0.05) is 0 Å². The molecule has 0 amide bonds. The molecule has 3 heteroatoms. The van der Waals surface area contributed by atoms with E-state index in [2.05, 4.69) is 6.92 Å². The monoisotopic (exact) mass is 448 g/mol. The largest absolute Gasteiger partial charge is 0.491 e. The van der Waals surface area contributed by atoms with Gasteiger partial charge in [-0.2, -0.15) is 4.39 Å². The molecule has 0 bridgehead atoms. The summed E-state index contributed by atoms with van der Waals surface area (Å²) in [7, 11) is 0. The maximum Gasteiger partial charge on any atom is 0.200 e. The molecule has 2 aliphatic rings. The average molecular weight is 449 g/mol. The van der Waals surface area contributed by atoms with Gasteiger partial charge < -0.3 is 4.74 Å². The van der Waals surface area contributed by atoms with Crippen LogP contribution in [0.3, 0.4) is 0 Å². The van der Waals surface area contributed by atoms with E-state index in [0.717, 1.165) is 43.4 Å². The lowest BCUT2D eigenvalue weighted by Crippen LogP contribution is -2.18. The molecule has 1 nitrogen and oxygen atoms in total. The summed E-state index contributed by atoms with van der Waals surface area (Å²) in [5, 5.41) is 0. The average Bonchev–Trinajstić information content (AvgIpc) is 2.82. The highest BCUT2D eigenvalue weighted by Crippen LogP contribution is 2.41. The van der Waals surface area contributed by atoms with E-state index in [-0.39, 0.29) is 11.7 Å². The predicted molar refractivity (Wildman–Crippen MR) is 130 cm³/mol. The zero-order chi connectivity index (χ0) is 22.8. The molecular weight excluding hydrogens is 402 g/mol. The summed E-state index contributed by atoms with van der Waals surface area (Å²) in [5.74, 6) is 1.38. The minimum Gasteiger partial charge on any atom is -0.491 e. The zero-order valence-electron chi connectivity index (χ0n) is 20.6. The normalized spacial score (nSPS) is 26.2. The van der Waals surface area contributed by atoms with Crippen molar-refractivity contribution in [3.05, 3.63) is 29.3 Å². The Balaban J connectivity index is 1.33. The summed E-state index contributed by atoms with van der Waals surface area (Å²) in [6.45, 7) is 4.42. The summed E-state index contributed by atoms with van der Waals surface area (Å²) in [6.07, 6.45) is 21.3. The Hall–Kier alpha value is -1.12. The second-order valence-corrected chi connectivity index (χ2v) is 10.6. The van der Waals surface area contributed by atoms with Gasteiger partial charge in [-0.3, -0.25) is 0 Å². The van der Waals surface area contributed by atoms with Crippen LogP contribution in [0.2, 0.25) is 0 Å². The number of rotatable bonds is 12. The van der Waals surface area contributed by atoms with Crippen molar-refractivity contribution in [2.75, 3.05) is 6.61 Å². The van der Waals surface area contributed by atoms with E-state index in [4.69, 9.17) is 4.74 Å². The summed E-state index contributed by atoms with van der Waals surface area (Å²) < 4.78 is 34.0. The number of halogens is 2. The van der Waals surface area contributed by atoms with Crippen LogP contribution in [0, 0.1) is 29.4 Å². The molecule has 0 N–H and O–H groups in total. The highest BCUT2D eigenvalue weighted by atomic mass is 19.2. The third-order valence-corrected chi connectivity index (χ3v) is 8.33. The quantitative estimate of drug-likeness (QED) is 0.289. The first-order valence-corrected chi connectivity index (χ1v) is 13.7. The fourth-order valence-electron chi connectivity index (χ4n) is 6.21. The molecule has 2 saturated carbocycles. The molecule has 2 fully saturated rings. The molecular formula is C29H46F2O. The van der Waals surface area contributed by atoms with Crippen molar-refractivity contribution in [1.82, 2.24) is 0 Å². The lowest BCUT2D eigenvalue weighted by Gasteiger charge is -2.32. The van der Waals surface area contributed by atoms with Crippen molar-refractivity contribution in [2.45, 2.75) is 122 Å². The van der Waals surface area contributed by atoms with Crippen molar-refractivity contribution in [2.24, 2.45) is 17.8 Å². The number of hydrogen-bond acceptors (Lipinski definition) is 1. The first kappa shape index (κ1) is 25.5. The summed E-state index contributed by atoms with van der Waals surface area (Å²) in [4.78, 5) is 0. The van der Waals surface area contributed by atoms with Crippen molar-refractivity contribution >= 4 is 0 Å². The molecule has 0 saturated heterocycles. The Labute approximate surface area is 195 Å². The molecule has 0 unspecified atom stereocenters. The molecule has 0 heterocycles. The van der Waals surface area contributed by atoms with Gasteiger partial charge in [-0.05, 0) is 67.9 Å². The first-order valence-electron chi connectivity index (χ1n) is 13.7. The molecule has 0 aromatic heterocycles. The molecule has 3 rings (SSSR count).